The van der Waals surface area contributed by atoms with Gasteiger partial charge in [0.05, 0.1) is 6.54 Å². The Labute approximate surface area is 175 Å². The first kappa shape index (κ1) is 25.5. The molecule has 0 spiro atoms. The maximum atomic E-state index is 13.6. The zero-order valence-corrected chi connectivity index (χ0v) is 17.6. The lowest BCUT2D eigenvalue weighted by Gasteiger charge is -2.23. The van der Waals surface area contributed by atoms with E-state index in [1.165, 1.54) is 13.0 Å². The highest BCUT2D eigenvalue weighted by Crippen LogP contribution is 2.20. The SMILES string of the molecule is CCCCCCCC(=O)N[C@H](CC(C)=O)C(=O)N(N)CCOc1c(F)cccc1F. The summed E-state index contributed by atoms with van der Waals surface area (Å²) in [4.78, 5) is 36.2. The maximum absolute atomic E-state index is 13.6. The number of unbranched alkanes of at least 4 members (excludes halogenated alkanes) is 4. The van der Waals surface area contributed by atoms with Crippen molar-refractivity contribution in [3.05, 3.63) is 29.8 Å². The van der Waals surface area contributed by atoms with Crippen LogP contribution in [0.3, 0.4) is 0 Å². The van der Waals surface area contributed by atoms with Crippen LogP contribution in [0.15, 0.2) is 18.2 Å². The first-order valence-electron chi connectivity index (χ1n) is 10.2. The fourth-order valence-electron chi connectivity index (χ4n) is 2.82. The summed E-state index contributed by atoms with van der Waals surface area (Å²) in [5.74, 6) is 2.13. The number of halogens is 2. The summed E-state index contributed by atoms with van der Waals surface area (Å²) < 4.78 is 32.2. The molecule has 0 saturated heterocycles. The maximum Gasteiger partial charge on any atom is 0.259 e. The van der Waals surface area contributed by atoms with Gasteiger partial charge in [0.25, 0.3) is 5.91 Å². The molecule has 9 heteroatoms. The average Bonchev–Trinajstić information content (AvgIpc) is 2.68. The summed E-state index contributed by atoms with van der Waals surface area (Å²) in [6.07, 6.45) is 4.91. The first-order valence-corrected chi connectivity index (χ1v) is 10.2. The zero-order valence-electron chi connectivity index (χ0n) is 17.6. The molecule has 1 atom stereocenters. The number of nitrogens with one attached hydrogen (secondary N) is 1. The van der Waals surface area contributed by atoms with Crippen molar-refractivity contribution < 1.29 is 27.9 Å². The Balaban J connectivity index is 2.55. The lowest BCUT2D eigenvalue weighted by atomic mass is 10.1. The van der Waals surface area contributed by atoms with Gasteiger partial charge in [-0.1, -0.05) is 38.7 Å². The lowest BCUT2D eigenvalue weighted by Crippen LogP contribution is -2.52. The van der Waals surface area contributed by atoms with Gasteiger partial charge in [-0.3, -0.25) is 19.4 Å². The van der Waals surface area contributed by atoms with Gasteiger partial charge in [-0.25, -0.2) is 14.6 Å². The molecule has 1 aromatic rings. The fraction of sp³-hybridized carbons (Fsp3) is 0.571. The van der Waals surface area contributed by atoms with Crippen molar-refractivity contribution in [3.63, 3.8) is 0 Å². The number of ketones is 1. The lowest BCUT2D eigenvalue weighted by molar-refractivity contribution is -0.138. The van der Waals surface area contributed by atoms with Gasteiger partial charge < -0.3 is 10.1 Å². The molecule has 2 amide bonds. The van der Waals surface area contributed by atoms with Crippen molar-refractivity contribution in [2.75, 3.05) is 13.2 Å². The molecular formula is C21H31F2N3O4. The van der Waals surface area contributed by atoms with Gasteiger partial charge in [-0.15, -0.1) is 0 Å². The monoisotopic (exact) mass is 427 g/mol. The highest BCUT2D eigenvalue weighted by atomic mass is 19.1. The van der Waals surface area contributed by atoms with Crippen LogP contribution >= 0.6 is 0 Å². The van der Waals surface area contributed by atoms with E-state index in [1.807, 2.05) is 0 Å². The molecular weight excluding hydrogens is 396 g/mol. The molecule has 0 aliphatic heterocycles. The van der Waals surface area contributed by atoms with Crippen LogP contribution in [0.4, 0.5) is 8.78 Å². The van der Waals surface area contributed by atoms with Crippen LogP contribution in [0.1, 0.15) is 58.8 Å². The molecule has 0 aliphatic rings. The highest BCUT2D eigenvalue weighted by Gasteiger charge is 2.26. The van der Waals surface area contributed by atoms with Gasteiger partial charge in [0, 0.05) is 12.8 Å². The van der Waals surface area contributed by atoms with E-state index in [0.29, 0.717) is 6.42 Å². The summed E-state index contributed by atoms with van der Waals surface area (Å²) in [5, 5.41) is 3.33. The number of Topliss-reactive ketones (excluding diaryl/α,β-unsaturated/α-hetero) is 1. The second kappa shape index (κ2) is 13.6. The molecule has 0 aromatic heterocycles. The summed E-state index contributed by atoms with van der Waals surface area (Å²) >= 11 is 0. The average molecular weight is 427 g/mol. The second-order valence-corrected chi connectivity index (χ2v) is 7.12. The molecule has 0 heterocycles. The van der Waals surface area contributed by atoms with E-state index in [1.54, 1.807) is 0 Å². The van der Waals surface area contributed by atoms with Gasteiger partial charge in [-0.05, 0) is 25.5 Å². The highest BCUT2D eigenvalue weighted by molar-refractivity contribution is 5.91. The summed E-state index contributed by atoms with van der Waals surface area (Å²) in [5.41, 5.74) is 0. The van der Waals surface area contributed by atoms with Crippen molar-refractivity contribution in [3.8, 4) is 5.75 Å². The molecule has 0 radical (unpaired) electrons. The third-order valence-corrected chi connectivity index (χ3v) is 4.41. The first-order chi connectivity index (χ1) is 14.3. The van der Waals surface area contributed by atoms with E-state index in [9.17, 15) is 23.2 Å². The third-order valence-electron chi connectivity index (χ3n) is 4.41. The standard InChI is InChI=1S/C21H31F2N3O4/c1-3-4-5-6-7-11-19(28)25-18(14-15(2)27)21(29)26(24)12-13-30-20-16(22)9-8-10-17(20)23/h8-10,18H,3-7,11-14,24H2,1-2H3,(H,25,28)/t18-/m1/s1. The van der Waals surface area contributed by atoms with E-state index in [2.05, 4.69) is 12.2 Å². The largest absolute Gasteiger partial charge is 0.486 e. The minimum absolute atomic E-state index is 0.187. The van der Waals surface area contributed by atoms with Gasteiger partial charge >= 0.3 is 0 Å². The number of ether oxygens (including phenoxy) is 1. The third kappa shape index (κ3) is 9.30. The molecule has 0 fully saturated rings. The summed E-state index contributed by atoms with van der Waals surface area (Å²) in [7, 11) is 0. The minimum atomic E-state index is -1.10. The quantitative estimate of drug-likeness (QED) is 0.206. The molecule has 3 N–H and O–H groups in total. The normalized spacial score (nSPS) is 11.6. The van der Waals surface area contributed by atoms with E-state index in [-0.39, 0.29) is 37.7 Å². The van der Waals surface area contributed by atoms with Crippen LogP contribution in [-0.4, -0.2) is 41.8 Å². The Morgan fingerprint density at radius 1 is 1.13 bits per heavy atom. The molecule has 0 saturated carbocycles. The van der Waals surface area contributed by atoms with Crippen molar-refractivity contribution in [2.45, 2.75) is 64.8 Å². The van der Waals surface area contributed by atoms with Crippen LogP contribution in [-0.2, 0) is 14.4 Å². The van der Waals surface area contributed by atoms with Crippen molar-refractivity contribution in [1.29, 1.82) is 0 Å². The Kier molecular flexibility index (Phi) is 11.6. The second-order valence-electron chi connectivity index (χ2n) is 7.12. The number of hydrogen-bond acceptors (Lipinski definition) is 5. The Bertz CT molecular complexity index is 695. The number of para-hydroxylation sites is 1. The summed E-state index contributed by atoms with van der Waals surface area (Å²) in [6, 6.07) is 2.20. The molecule has 0 unspecified atom stereocenters. The van der Waals surface area contributed by atoms with E-state index in [0.717, 1.165) is 42.8 Å². The Morgan fingerprint density at radius 3 is 2.37 bits per heavy atom. The number of rotatable bonds is 14. The minimum Gasteiger partial charge on any atom is -0.486 e. The number of nitrogens with two attached hydrogens (primary N) is 1. The van der Waals surface area contributed by atoms with Crippen LogP contribution in [0, 0.1) is 11.6 Å². The molecule has 30 heavy (non-hydrogen) atoms. The van der Waals surface area contributed by atoms with Crippen molar-refractivity contribution in [2.24, 2.45) is 5.84 Å². The van der Waals surface area contributed by atoms with Crippen LogP contribution in [0.25, 0.3) is 0 Å². The predicted molar refractivity (Wildman–Crippen MR) is 108 cm³/mol. The number of nitrogens with zero attached hydrogens (tertiary/aromatic N) is 1. The number of hydrazine groups is 1. The van der Waals surface area contributed by atoms with E-state index in [4.69, 9.17) is 10.6 Å². The molecule has 0 aliphatic carbocycles. The molecule has 0 bridgehead atoms. The molecule has 1 aromatic carbocycles. The number of carbonyl (C=O) groups excluding carboxylic acids is 3. The van der Waals surface area contributed by atoms with Crippen LogP contribution < -0.4 is 15.9 Å². The molecule has 1 rings (SSSR count). The van der Waals surface area contributed by atoms with Crippen molar-refractivity contribution >= 4 is 17.6 Å². The van der Waals surface area contributed by atoms with E-state index < -0.39 is 29.3 Å². The predicted octanol–water partition coefficient (Wildman–Crippen LogP) is 2.87. The van der Waals surface area contributed by atoms with Gasteiger partial charge in [0.2, 0.25) is 5.91 Å². The number of benzene rings is 1. The Morgan fingerprint density at radius 2 is 1.77 bits per heavy atom. The number of carbonyl (C=O) groups is 3. The zero-order chi connectivity index (χ0) is 22.5. The topological polar surface area (TPSA) is 102 Å². The smallest absolute Gasteiger partial charge is 0.259 e. The molecule has 168 valence electrons. The van der Waals surface area contributed by atoms with Crippen LogP contribution in [0.2, 0.25) is 0 Å². The summed E-state index contributed by atoms with van der Waals surface area (Å²) in [6.45, 7) is 2.95. The van der Waals surface area contributed by atoms with Gasteiger partial charge in [0.1, 0.15) is 18.4 Å². The van der Waals surface area contributed by atoms with Gasteiger partial charge in [0.15, 0.2) is 17.4 Å². The Hall–Kier alpha value is -2.55. The van der Waals surface area contributed by atoms with E-state index >= 15 is 0 Å². The fourth-order valence-corrected chi connectivity index (χ4v) is 2.82. The number of hydrogen-bond donors (Lipinski definition) is 2. The van der Waals surface area contributed by atoms with Crippen LogP contribution in [0.5, 0.6) is 5.75 Å². The van der Waals surface area contributed by atoms with Crippen molar-refractivity contribution in [1.82, 2.24) is 10.3 Å². The molecule has 7 nitrogen and oxygen atoms in total. The number of amides is 2. The van der Waals surface area contributed by atoms with Gasteiger partial charge in [-0.2, -0.15) is 0 Å².